The van der Waals surface area contributed by atoms with Crippen molar-refractivity contribution in [2.75, 3.05) is 149 Å². The Kier molecular flexibility index (Phi) is 26.3. The lowest BCUT2D eigenvalue weighted by atomic mass is 10.0. The molecule has 0 aliphatic carbocycles. The third-order valence-electron chi connectivity index (χ3n) is 17.0. The van der Waals surface area contributed by atoms with Crippen molar-refractivity contribution in [3.05, 3.63) is 178 Å². The summed E-state index contributed by atoms with van der Waals surface area (Å²) in [4.78, 5) is 72.6. The van der Waals surface area contributed by atoms with E-state index in [0.717, 1.165) is 36.4 Å². The lowest BCUT2D eigenvalue weighted by Crippen LogP contribution is -2.36. The topological polar surface area (TPSA) is 299 Å². The Balaban J connectivity index is 0.000000165. The number of hydrogen-bond donors (Lipinski definition) is 9. The molecule has 3 atom stereocenters. The third-order valence-corrected chi connectivity index (χ3v) is 17.0. The fourth-order valence-corrected chi connectivity index (χ4v) is 11.5. The number of aliphatic hydroxyl groups is 3. The van der Waals surface area contributed by atoms with Crippen LogP contribution in [-0.2, 0) is 14.2 Å². The van der Waals surface area contributed by atoms with Gasteiger partial charge in [0.25, 0.3) is 17.7 Å². The molecule has 9 aromatic rings. The van der Waals surface area contributed by atoms with Crippen LogP contribution in [0.25, 0.3) is 33.1 Å². The Morgan fingerprint density at radius 1 is 0.402 bits per heavy atom. The Hall–Kier alpha value is -10.1. The molecule has 3 aromatic heterocycles. The summed E-state index contributed by atoms with van der Waals surface area (Å²) in [6, 6.07) is 19.8. The maximum atomic E-state index is 13.7. The van der Waals surface area contributed by atoms with Gasteiger partial charge in [0.05, 0.1) is 109 Å². The van der Waals surface area contributed by atoms with Crippen LogP contribution < -0.4 is 46.6 Å². The number of anilines is 6. The highest BCUT2D eigenvalue weighted by molar-refractivity contribution is 6.00. The minimum Gasteiger partial charge on any atom is -0.396 e. The minimum atomic E-state index is -0.950. The molecule has 0 bridgehead atoms. The zero-order chi connectivity index (χ0) is 72.2. The molecule has 24 nitrogen and oxygen atoms in total. The molecule has 9 N–H and O–H groups in total. The maximum absolute atomic E-state index is 13.7. The summed E-state index contributed by atoms with van der Waals surface area (Å²) >= 11 is 0. The van der Waals surface area contributed by atoms with Crippen molar-refractivity contribution in [3.8, 4) is 0 Å². The van der Waals surface area contributed by atoms with Crippen LogP contribution in [0.15, 0.2) is 110 Å². The lowest BCUT2D eigenvalue weighted by molar-refractivity contribution is 0.0942. The lowest BCUT2D eigenvalue weighted by Gasteiger charge is -2.28. The van der Waals surface area contributed by atoms with Crippen LogP contribution in [0.3, 0.4) is 0 Å². The van der Waals surface area contributed by atoms with E-state index in [1.807, 2.05) is 20.8 Å². The third kappa shape index (κ3) is 19.5. The fourth-order valence-electron chi connectivity index (χ4n) is 11.5. The number of halogens is 6. The van der Waals surface area contributed by atoms with Gasteiger partial charge in [0.1, 0.15) is 17.5 Å². The van der Waals surface area contributed by atoms with Gasteiger partial charge >= 0.3 is 0 Å². The van der Waals surface area contributed by atoms with Gasteiger partial charge in [-0.25, -0.2) is 41.3 Å². The number of fused-ring (bicyclic) bond motifs is 3. The van der Waals surface area contributed by atoms with E-state index >= 15 is 0 Å². The second-order valence-electron chi connectivity index (χ2n) is 24.3. The number of carbonyl (C=O) groups excluding carboxylic acids is 3. The van der Waals surface area contributed by atoms with Crippen molar-refractivity contribution in [1.82, 2.24) is 45.9 Å². The Labute approximate surface area is 584 Å². The van der Waals surface area contributed by atoms with E-state index in [9.17, 15) is 40.7 Å². The molecule has 3 amide bonds. The van der Waals surface area contributed by atoms with E-state index < -0.39 is 53.0 Å². The zero-order valence-electron chi connectivity index (χ0n) is 56.6. The first-order chi connectivity index (χ1) is 49.4. The van der Waals surface area contributed by atoms with Crippen molar-refractivity contribution < 1.29 is 70.3 Å². The molecule has 3 aliphatic rings. The quantitative estimate of drug-likeness (QED) is 0.0201. The van der Waals surface area contributed by atoms with Crippen LogP contribution in [0, 0.1) is 34.9 Å². The summed E-state index contributed by atoms with van der Waals surface area (Å²) < 4.78 is 97.6. The van der Waals surface area contributed by atoms with E-state index in [2.05, 4.69) is 61.6 Å². The average molecular weight is 1410 g/mol. The molecule has 102 heavy (non-hydrogen) atoms. The van der Waals surface area contributed by atoms with Crippen LogP contribution in [0.5, 0.6) is 0 Å². The molecule has 3 fully saturated rings. The largest absolute Gasteiger partial charge is 0.396 e. The smallest absolute Gasteiger partial charge is 0.251 e. The number of nitrogens with zero attached hydrogens (tertiary/aromatic N) is 9. The molecular weight excluding hydrogens is 1330 g/mol. The number of ether oxygens (including phenoxy) is 3. The standard InChI is InChI=1S/3C24H27F2N5O3/c3*1-15(29-17-3-4-19(25)20(26)13-17)18-11-16(24(33)27-5-2-8-32)12-21-23(18)30-22(14-28-21)31-6-9-34-10-7-31/h3*3-4,11-15,29,32H,2,5-10H2,1H3,(H,27,33). The van der Waals surface area contributed by atoms with E-state index in [1.165, 1.54) is 18.2 Å². The van der Waals surface area contributed by atoms with Crippen LogP contribution in [0.4, 0.5) is 60.9 Å². The van der Waals surface area contributed by atoms with Crippen LogP contribution in [-0.4, -0.2) is 181 Å². The summed E-state index contributed by atoms with van der Waals surface area (Å²) in [6.45, 7) is 14.3. The number of benzene rings is 6. The molecule has 540 valence electrons. The summed E-state index contributed by atoms with van der Waals surface area (Å²) in [5.74, 6) is -4.40. The molecular formula is C72H81F6N15O9. The molecule has 0 saturated carbocycles. The predicted octanol–water partition coefficient (Wildman–Crippen LogP) is 9.09. The van der Waals surface area contributed by atoms with Crippen molar-refractivity contribution in [1.29, 1.82) is 0 Å². The molecule has 0 radical (unpaired) electrons. The zero-order valence-corrected chi connectivity index (χ0v) is 56.6. The summed E-state index contributed by atoms with van der Waals surface area (Å²) in [7, 11) is 0. The van der Waals surface area contributed by atoms with E-state index in [1.54, 1.807) is 55.0 Å². The molecule has 3 saturated heterocycles. The van der Waals surface area contributed by atoms with Crippen molar-refractivity contribution in [2.45, 2.75) is 58.2 Å². The molecule has 0 spiro atoms. The van der Waals surface area contributed by atoms with Gasteiger partial charge in [-0.15, -0.1) is 0 Å². The van der Waals surface area contributed by atoms with Crippen molar-refractivity contribution >= 4 is 85.3 Å². The maximum Gasteiger partial charge on any atom is 0.251 e. The Bertz CT molecular complexity index is 3950. The number of morpholine rings is 3. The molecule has 12 rings (SSSR count). The Morgan fingerprint density at radius 3 is 0.912 bits per heavy atom. The SMILES string of the molecule is CC(Nc1ccc(F)c(F)c1)c1cc(C(=O)NCCCO)cc2ncc(N3CCOCC3)nc12.CC(Nc1ccc(F)c(F)c1)c1cc(C(=O)NCCCO)cc2ncc(N3CCOCC3)nc12.CC(Nc1ccc(F)c(F)c1)c1cc(C(=O)NCCCO)cc2ncc(N3CCOCC3)nc12. The first-order valence-electron chi connectivity index (χ1n) is 33.6. The van der Waals surface area contributed by atoms with Gasteiger partial charge in [0, 0.05) is 147 Å². The van der Waals surface area contributed by atoms with Gasteiger partial charge in [0.15, 0.2) is 34.9 Å². The van der Waals surface area contributed by atoms with Crippen molar-refractivity contribution in [3.63, 3.8) is 0 Å². The molecule has 3 unspecified atom stereocenters. The monoisotopic (exact) mass is 1410 g/mol. The van der Waals surface area contributed by atoms with E-state index in [0.29, 0.717) is 219 Å². The van der Waals surface area contributed by atoms with E-state index in [4.69, 9.17) is 44.5 Å². The normalized spacial score (nSPS) is 14.8. The number of hydrogen-bond acceptors (Lipinski definition) is 21. The molecule has 3 aliphatic heterocycles. The van der Waals surface area contributed by atoms with Crippen LogP contribution in [0.1, 0.15) is 106 Å². The molecule has 6 aromatic carbocycles. The van der Waals surface area contributed by atoms with Crippen LogP contribution >= 0.6 is 0 Å². The number of carbonyl (C=O) groups is 3. The summed E-state index contributed by atoms with van der Waals surface area (Å²) in [5, 5.41) is 44.8. The first kappa shape index (κ1) is 74.6. The Morgan fingerprint density at radius 2 is 0.667 bits per heavy atom. The summed E-state index contributed by atoms with van der Waals surface area (Å²) in [6.07, 6.45) is 6.38. The summed E-state index contributed by atoms with van der Waals surface area (Å²) in [5.41, 5.74) is 7.91. The number of nitrogens with one attached hydrogen (secondary N) is 6. The first-order valence-corrected chi connectivity index (χ1v) is 33.6. The second-order valence-corrected chi connectivity index (χ2v) is 24.3. The number of aromatic nitrogens is 6. The highest BCUT2D eigenvalue weighted by Gasteiger charge is 2.25. The molecule has 6 heterocycles. The highest BCUT2D eigenvalue weighted by Crippen LogP contribution is 2.33. The van der Waals surface area contributed by atoms with Crippen molar-refractivity contribution in [2.24, 2.45) is 0 Å². The van der Waals surface area contributed by atoms with Gasteiger partial charge in [-0.1, -0.05) is 0 Å². The van der Waals surface area contributed by atoms with Gasteiger partial charge in [0.2, 0.25) is 0 Å². The number of rotatable bonds is 24. The minimum absolute atomic E-state index is 0.0196. The number of amides is 3. The van der Waals surface area contributed by atoms with Gasteiger partial charge in [-0.2, -0.15) is 0 Å². The molecule has 30 heteroatoms. The fraction of sp³-hybridized carbons (Fsp3) is 0.375. The number of aliphatic hydroxyl groups excluding tert-OH is 3. The van der Waals surface area contributed by atoms with Gasteiger partial charge in [-0.05, 0) is 113 Å². The second kappa shape index (κ2) is 36.0. The van der Waals surface area contributed by atoms with E-state index in [-0.39, 0.29) is 37.5 Å². The van der Waals surface area contributed by atoms with Crippen LogP contribution in [0.2, 0.25) is 0 Å². The van der Waals surface area contributed by atoms with Gasteiger partial charge in [-0.3, -0.25) is 29.3 Å². The average Bonchev–Trinajstić information content (AvgIpc) is 0.790. The van der Waals surface area contributed by atoms with Gasteiger partial charge < -0.3 is 76.1 Å². The highest BCUT2D eigenvalue weighted by atomic mass is 19.2. The predicted molar refractivity (Wildman–Crippen MR) is 375 cm³/mol.